The Labute approximate surface area is 135 Å². The van der Waals surface area contributed by atoms with Crippen LogP contribution in [0.2, 0.25) is 0 Å². The van der Waals surface area contributed by atoms with Crippen molar-refractivity contribution in [2.45, 2.75) is 35.9 Å². The molecular weight excluding hydrogens is 404 g/mol. The number of halogens is 12. The van der Waals surface area contributed by atoms with E-state index in [-0.39, 0.29) is 18.2 Å². The quantitative estimate of drug-likeness (QED) is 0.727. The first-order chi connectivity index (χ1) is 11.2. The number of aliphatic hydroxyl groups is 2. The van der Waals surface area contributed by atoms with Crippen LogP contribution in [0.15, 0.2) is 24.3 Å². The molecule has 0 amide bonds. The van der Waals surface area contributed by atoms with Crippen molar-refractivity contribution in [2.24, 2.45) is 0 Å². The number of hydrogen-bond acceptors (Lipinski definition) is 2. The predicted octanol–water partition coefficient (Wildman–Crippen LogP) is 4.31. The largest absolute Gasteiger partial charge is 0.459 e. The van der Waals surface area contributed by atoms with Crippen LogP contribution in [-0.4, -0.2) is 34.4 Å². The first-order valence-electron chi connectivity index (χ1n) is 6.04. The summed E-state index contributed by atoms with van der Waals surface area (Å²) in [6.45, 7) is 0. The van der Waals surface area contributed by atoms with Gasteiger partial charge in [-0.1, -0.05) is 18.2 Å². The highest BCUT2D eigenvalue weighted by molar-refractivity contribution is 5.32. The van der Waals surface area contributed by atoms with Gasteiger partial charge in [0.05, 0.1) is 0 Å². The minimum Gasteiger partial charge on any atom is -0.353 e. The van der Waals surface area contributed by atoms with E-state index < -0.39 is 53.1 Å². The van der Waals surface area contributed by atoms with Gasteiger partial charge in [-0.25, -0.2) is 0 Å². The molecule has 0 aromatic heterocycles. The van der Waals surface area contributed by atoms with E-state index in [1.807, 2.05) is 0 Å². The highest BCUT2D eigenvalue weighted by Crippen LogP contribution is 2.52. The Balaban J connectivity index is 3.54. The van der Waals surface area contributed by atoms with Gasteiger partial charge in [0.1, 0.15) is 0 Å². The topological polar surface area (TPSA) is 40.5 Å². The molecule has 150 valence electrons. The molecule has 0 bridgehead atoms. The molecule has 26 heavy (non-hydrogen) atoms. The van der Waals surface area contributed by atoms with Crippen LogP contribution in [0, 0.1) is 0 Å². The van der Waals surface area contributed by atoms with Crippen molar-refractivity contribution in [2.75, 3.05) is 0 Å². The molecule has 1 rings (SSSR count). The third-order valence-corrected chi connectivity index (χ3v) is 3.17. The zero-order valence-electron chi connectivity index (χ0n) is 11.7. The van der Waals surface area contributed by atoms with Crippen LogP contribution in [0.4, 0.5) is 52.7 Å². The summed E-state index contributed by atoms with van der Waals surface area (Å²) in [6, 6.07) is -0.812. The first kappa shape index (κ1) is 22.3. The molecule has 0 fully saturated rings. The molecular formula is C12H6F12O2. The third-order valence-electron chi connectivity index (χ3n) is 3.17. The molecule has 2 unspecified atom stereocenters. The van der Waals surface area contributed by atoms with Crippen molar-refractivity contribution in [3.8, 4) is 0 Å². The highest BCUT2D eigenvalue weighted by atomic mass is 19.4. The fourth-order valence-corrected chi connectivity index (χ4v) is 1.67. The van der Waals surface area contributed by atoms with Crippen molar-refractivity contribution >= 4 is 0 Å². The van der Waals surface area contributed by atoms with Gasteiger partial charge in [-0.2, -0.15) is 52.7 Å². The summed E-state index contributed by atoms with van der Waals surface area (Å²) in [4.78, 5) is 0. The Morgan fingerprint density at radius 3 is 1.04 bits per heavy atom. The minimum atomic E-state index is -6.71. The van der Waals surface area contributed by atoms with Gasteiger partial charge < -0.3 is 10.2 Å². The van der Waals surface area contributed by atoms with Crippen LogP contribution in [0.1, 0.15) is 11.1 Å². The van der Waals surface area contributed by atoms with Crippen molar-refractivity contribution < 1.29 is 62.9 Å². The van der Waals surface area contributed by atoms with Crippen LogP contribution in [0.5, 0.6) is 0 Å². The lowest BCUT2D eigenvalue weighted by Crippen LogP contribution is -2.53. The average molecular weight is 410 g/mol. The Kier molecular flexibility index (Phi) is 5.07. The number of alkyl halides is 12. The molecule has 2 atom stereocenters. The second-order valence-corrected chi connectivity index (χ2v) is 4.97. The van der Waals surface area contributed by atoms with Crippen molar-refractivity contribution in [1.82, 2.24) is 0 Å². The average Bonchev–Trinajstić information content (AvgIpc) is 2.44. The smallest absolute Gasteiger partial charge is 0.353 e. The second-order valence-electron chi connectivity index (χ2n) is 4.97. The van der Waals surface area contributed by atoms with Gasteiger partial charge in [0.25, 0.3) is 0 Å². The molecule has 0 radical (unpaired) electrons. The summed E-state index contributed by atoms with van der Waals surface area (Å²) in [7, 11) is 0. The zero-order valence-corrected chi connectivity index (χ0v) is 11.7. The monoisotopic (exact) mass is 410 g/mol. The van der Waals surface area contributed by atoms with Gasteiger partial charge >= 0.3 is 35.9 Å². The van der Waals surface area contributed by atoms with E-state index in [9.17, 15) is 52.7 Å². The molecule has 2 nitrogen and oxygen atoms in total. The van der Waals surface area contributed by atoms with Gasteiger partial charge in [0.15, 0.2) is 0 Å². The van der Waals surface area contributed by atoms with Gasteiger partial charge in [-0.15, -0.1) is 0 Å². The molecule has 0 aliphatic carbocycles. The maximum Gasteiger partial charge on any atom is 0.459 e. The van der Waals surface area contributed by atoms with Gasteiger partial charge in [0, 0.05) is 11.1 Å². The van der Waals surface area contributed by atoms with Crippen LogP contribution >= 0.6 is 0 Å². The molecule has 14 heteroatoms. The number of hydrogen-bond donors (Lipinski definition) is 2. The maximum absolute atomic E-state index is 13.7. The Morgan fingerprint density at radius 1 is 0.538 bits per heavy atom. The second kappa shape index (κ2) is 5.90. The lowest BCUT2D eigenvalue weighted by atomic mass is 9.93. The van der Waals surface area contributed by atoms with Gasteiger partial charge in [0.2, 0.25) is 0 Å². The molecule has 0 saturated heterocycles. The highest BCUT2D eigenvalue weighted by Gasteiger charge is 2.74. The third kappa shape index (κ3) is 3.19. The van der Waals surface area contributed by atoms with E-state index >= 15 is 0 Å². The van der Waals surface area contributed by atoms with Gasteiger partial charge in [-0.05, 0) is 6.07 Å². The van der Waals surface area contributed by atoms with E-state index in [0.717, 1.165) is 0 Å². The van der Waals surface area contributed by atoms with Crippen LogP contribution in [0.3, 0.4) is 0 Å². The van der Waals surface area contributed by atoms with E-state index in [2.05, 4.69) is 0 Å². The predicted molar refractivity (Wildman–Crippen MR) is 58.5 cm³/mol. The van der Waals surface area contributed by atoms with Crippen molar-refractivity contribution in [3.05, 3.63) is 35.4 Å². The SMILES string of the molecule is OC(F)(c1cccc(C(O)(F)C(F)(F)C(F)(F)F)c1)C(F)(F)C(F)(F)F. The molecule has 1 aromatic rings. The molecule has 0 spiro atoms. The maximum atomic E-state index is 13.7. The Hall–Kier alpha value is -1.70. The van der Waals surface area contributed by atoms with E-state index in [0.29, 0.717) is 0 Å². The summed E-state index contributed by atoms with van der Waals surface area (Å²) in [5, 5.41) is 17.7. The Bertz CT molecular complexity index is 606. The normalized spacial score (nSPS) is 19.0. The zero-order chi connectivity index (χ0) is 21.0. The molecule has 0 aliphatic heterocycles. The summed E-state index contributed by atoms with van der Waals surface area (Å²) in [6.07, 6.45) is -13.4. The van der Waals surface area contributed by atoms with E-state index in [1.165, 1.54) is 0 Å². The molecule has 0 saturated carbocycles. The summed E-state index contributed by atoms with van der Waals surface area (Å²) in [5.41, 5.74) is -4.46. The molecule has 0 heterocycles. The number of rotatable bonds is 4. The summed E-state index contributed by atoms with van der Waals surface area (Å²) in [5.74, 6) is -24.5. The van der Waals surface area contributed by atoms with E-state index in [4.69, 9.17) is 10.2 Å². The lowest BCUT2D eigenvalue weighted by molar-refractivity contribution is -0.381. The van der Waals surface area contributed by atoms with Crippen molar-refractivity contribution in [3.63, 3.8) is 0 Å². The molecule has 1 aromatic carbocycles. The van der Waals surface area contributed by atoms with Crippen molar-refractivity contribution in [1.29, 1.82) is 0 Å². The fourth-order valence-electron chi connectivity index (χ4n) is 1.67. The van der Waals surface area contributed by atoms with Gasteiger partial charge in [-0.3, -0.25) is 0 Å². The van der Waals surface area contributed by atoms with E-state index in [1.54, 1.807) is 0 Å². The van der Waals surface area contributed by atoms with Crippen LogP contribution < -0.4 is 0 Å². The first-order valence-corrected chi connectivity index (χ1v) is 6.04. The van der Waals surface area contributed by atoms with Crippen LogP contribution in [-0.2, 0) is 11.7 Å². The van der Waals surface area contributed by atoms with Crippen LogP contribution in [0.25, 0.3) is 0 Å². The standard InChI is InChI=1S/C12H6F12O2/c13-7(25,9(15,16)11(19,20)21)5-2-1-3-6(4-5)8(14,26)10(17,18)12(22,23)24/h1-4,25-26H. The number of benzene rings is 1. The molecule has 0 aliphatic rings. The minimum absolute atomic E-state index is 0.0681. The fraction of sp³-hybridized carbons (Fsp3) is 0.500. The molecule has 2 N–H and O–H groups in total. The summed E-state index contributed by atoms with van der Waals surface area (Å²) >= 11 is 0. The summed E-state index contributed by atoms with van der Waals surface area (Å²) < 4.78 is 152. The lowest BCUT2D eigenvalue weighted by Gasteiger charge is -2.33. The Morgan fingerprint density at radius 2 is 0.808 bits per heavy atom.